The first-order valence-corrected chi connectivity index (χ1v) is 11.9. The Balaban J connectivity index is 1.47. The molecule has 1 aliphatic rings. The molecular weight excluding hydrogens is 432 g/mol. The summed E-state index contributed by atoms with van der Waals surface area (Å²) in [7, 11) is -0.611. The molecule has 0 radical (unpaired) electrons. The monoisotopic (exact) mass is 458 g/mol. The summed E-state index contributed by atoms with van der Waals surface area (Å²) >= 11 is 1.14. The smallest absolute Gasteiger partial charge is 0.252 e. The Hall–Kier alpha value is -1.86. The van der Waals surface area contributed by atoms with Crippen molar-refractivity contribution in [2.45, 2.75) is 29.6 Å². The second-order valence-corrected chi connectivity index (χ2v) is 10.2. The molecular formula is C18H26N4O6S2. The average Bonchev–Trinajstić information content (AvgIpc) is 3.44. The lowest BCUT2D eigenvalue weighted by molar-refractivity contribution is -0.132. The van der Waals surface area contributed by atoms with Crippen LogP contribution in [0.5, 0.6) is 0 Å². The molecule has 0 aromatic carbocycles. The number of hydrogen-bond donors (Lipinski definition) is 0. The normalized spacial score (nSPS) is 15.8. The summed E-state index contributed by atoms with van der Waals surface area (Å²) in [5.41, 5.74) is 0. The van der Waals surface area contributed by atoms with E-state index >= 15 is 0 Å². The molecule has 1 aliphatic heterocycles. The molecule has 3 heterocycles. The van der Waals surface area contributed by atoms with Crippen LogP contribution in [0.2, 0.25) is 0 Å². The summed E-state index contributed by atoms with van der Waals surface area (Å²) in [6.07, 6.45) is 1.38. The maximum absolute atomic E-state index is 12.6. The zero-order valence-electron chi connectivity index (χ0n) is 17.0. The second kappa shape index (κ2) is 10.4. The minimum absolute atomic E-state index is 0.0955. The first kappa shape index (κ1) is 22.8. The van der Waals surface area contributed by atoms with Crippen molar-refractivity contribution < 1.29 is 27.2 Å². The van der Waals surface area contributed by atoms with Crippen molar-refractivity contribution in [3.05, 3.63) is 29.2 Å². The van der Waals surface area contributed by atoms with E-state index in [1.165, 1.54) is 13.1 Å². The largest absolute Gasteiger partial charge is 0.382 e. The third kappa shape index (κ3) is 5.64. The van der Waals surface area contributed by atoms with Gasteiger partial charge in [0.1, 0.15) is 10.8 Å². The zero-order valence-corrected chi connectivity index (χ0v) is 18.7. The molecule has 0 saturated carbocycles. The third-order valence-electron chi connectivity index (χ3n) is 4.87. The average molecular weight is 459 g/mol. The topological polar surface area (TPSA) is 115 Å². The van der Waals surface area contributed by atoms with Gasteiger partial charge in [0.25, 0.3) is 15.9 Å². The highest BCUT2D eigenvalue weighted by atomic mass is 32.2. The lowest BCUT2D eigenvalue weighted by atomic mass is 9.96. The molecule has 3 rings (SSSR count). The number of likely N-dealkylation sites (tertiary alicyclic amines) is 1. The summed E-state index contributed by atoms with van der Waals surface area (Å²) in [4.78, 5) is 18.7. The predicted octanol–water partition coefficient (Wildman–Crippen LogP) is 1.32. The van der Waals surface area contributed by atoms with Gasteiger partial charge < -0.3 is 18.9 Å². The molecule has 30 heavy (non-hydrogen) atoms. The molecule has 10 nitrogen and oxygen atoms in total. The van der Waals surface area contributed by atoms with Crippen molar-refractivity contribution in [2.75, 3.05) is 47.0 Å². The first-order chi connectivity index (χ1) is 14.4. The Morgan fingerprint density at radius 1 is 1.37 bits per heavy atom. The number of piperidine rings is 1. The minimum atomic E-state index is -3.64. The number of ether oxygens (including phenoxy) is 2. The van der Waals surface area contributed by atoms with Gasteiger partial charge in [-0.15, -0.1) is 11.3 Å². The summed E-state index contributed by atoms with van der Waals surface area (Å²) < 4.78 is 41.8. The Morgan fingerprint density at radius 2 is 2.13 bits per heavy atom. The summed E-state index contributed by atoms with van der Waals surface area (Å²) in [5.74, 6) is 0.916. The van der Waals surface area contributed by atoms with Crippen LogP contribution < -0.4 is 0 Å². The van der Waals surface area contributed by atoms with Crippen LogP contribution in [-0.4, -0.2) is 80.7 Å². The van der Waals surface area contributed by atoms with E-state index in [0.717, 1.165) is 15.6 Å². The maximum Gasteiger partial charge on any atom is 0.252 e. The van der Waals surface area contributed by atoms with Gasteiger partial charge in [-0.2, -0.15) is 9.29 Å². The molecule has 2 aromatic heterocycles. The molecule has 0 atom stereocenters. The fourth-order valence-corrected chi connectivity index (χ4v) is 5.44. The van der Waals surface area contributed by atoms with Crippen LogP contribution >= 0.6 is 11.3 Å². The number of carbonyl (C=O) groups is 1. The highest BCUT2D eigenvalue weighted by Gasteiger charge is 2.30. The molecule has 1 fully saturated rings. The number of rotatable bonds is 10. The molecule has 0 unspecified atom stereocenters. The van der Waals surface area contributed by atoms with Gasteiger partial charge in [0.05, 0.1) is 19.8 Å². The van der Waals surface area contributed by atoms with E-state index in [2.05, 4.69) is 10.1 Å². The Morgan fingerprint density at radius 3 is 2.80 bits per heavy atom. The van der Waals surface area contributed by atoms with Gasteiger partial charge in [-0.1, -0.05) is 11.2 Å². The molecule has 0 bridgehead atoms. The highest BCUT2D eigenvalue weighted by Crippen LogP contribution is 2.26. The number of thiophene rings is 1. The summed E-state index contributed by atoms with van der Waals surface area (Å²) in [5, 5.41) is 5.73. The van der Waals surface area contributed by atoms with Crippen LogP contribution in [0, 0.1) is 0 Å². The van der Waals surface area contributed by atoms with Gasteiger partial charge in [-0.3, -0.25) is 4.79 Å². The van der Waals surface area contributed by atoms with Gasteiger partial charge in [-0.25, -0.2) is 8.42 Å². The number of aromatic nitrogens is 2. The van der Waals surface area contributed by atoms with Crippen LogP contribution in [0.25, 0.3) is 0 Å². The Kier molecular flexibility index (Phi) is 7.94. The number of amides is 1. The van der Waals surface area contributed by atoms with Gasteiger partial charge >= 0.3 is 0 Å². The number of carbonyl (C=O) groups excluding carboxylic acids is 1. The van der Waals surface area contributed by atoms with Crippen molar-refractivity contribution in [3.63, 3.8) is 0 Å². The lowest BCUT2D eigenvalue weighted by Gasteiger charge is -2.31. The van der Waals surface area contributed by atoms with Gasteiger partial charge in [0, 0.05) is 33.2 Å². The van der Waals surface area contributed by atoms with Crippen LogP contribution in [0.3, 0.4) is 0 Å². The fraction of sp³-hybridized carbons (Fsp3) is 0.611. The number of likely N-dealkylation sites (N-methyl/N-ethyl adjacent to an activating group) is 1. The van der Waals surface area contributed by atoms with Crippen molar-refractivity contribution in [3.8, 4) is 0 Å². The summed E-state index contributed by atoms with van der Waals surface area (Å²) in [6.45, 7) is 2.03. The van der Waals surface area contributed by atoms with Crippen molar-refractivity contribution in [1.82, 2.24) is 19.3 Å². The lowest BCUT2D eigenvalue weighted by Crippen LogP contribution is -2.44. The molecule has 0 N–H and O–H groups in total. The van der Waals surface area contributed by atoms with Gasteiger partial charge in [0.2, 0.25) is 5.91 Å². The Bertz CT molecular complexity index is 907. The number of methoxy groups -OCH3 is 1. The van der Waals surface area contributed by atoms with E-state index in [0.29, 0.717) is 50.9 Å². The molecule has 166 valence electrons. The number of nitrogens with zero attached hydrogens (tertiary/aromatic N) is 4. The Labute approximate surface area is 179 Å². The standard InChI is InChI=1S/C18H26N4O6S2/c1-21(30(24,25)17-4-3-11-29-17)12-16(23)22-7-5-14(6-8-22)18-19-15(28-20-18)13-27-10-9-26-2/h3-4,11,14H,5-10,12-13H2,1-2H3. The van der Waals surface area contributed by atoms with E-state index in [4.69, 9.17) is 14.0 Å². The molecule has 1 saturated heterocycles. The van der Waals surface area contributed by atoms with Gasteiger partial charge in [-0.05, 0) is 24.3 Å². The van der Waals surface area contributed by atoms with Gasteiger partial charge in [0.15, 0.2) is 5.82 Å². The predicted molar refractivity (Wildman–Crippen MR) is 109 cm³/mol. The highest BCUT2D eigenvalue weighted by molar-refractivity contribution is 7.91. The van der Waals surface area contributed by atoms with E-state index in [1.54, 1.807) is 23.5 Å². The SMILES string of the molecule is COCCOCc1nc(C2CCN(C(=O)CN(C)S(=O)(=O)c3cccs3)CC2)no1. The molecule has 0 aliphatic carbocycles. The summed E-state index contributed by atoms with van der Waals surface area (Å²) in [6, 6.07) is 3.21. The van der Waals surface area contributed by atoms with E-state index < -0.39 is 10.0 Å². The zero-order chi connectivity index (χ0) is 21.6. The maximum atomic E-state index is 12.6. The first-order valence-electron chi connectivity index (χ1n) is 9.58. The second-order valence-electron chi connectivity index (χ2n) is 6.94. The van der Waals surface area contributed by atoms with Crippen LogP contribution in [-0.2, 0) is 30.9 Å². The number of sulfonamides is 1. The molecule has 1 amide bonds. The van der Waals surface area contributed by atoms with Crippen molar-refractivity contribution >= 4 is 27.3 Å². The van der Waals surface area contributed by atoms with E-state index in [-0.39, 0.29) is 29.2 Å². The number of hydrogen-bond acceptors (Lipinski definition) is 9. The third-order valence-corrected chi connectivity index (χ3v) is 8.05. The van der Waals surface area contributed by atoms with Crippen LogP contribution in [0.4, 0.5) is 0 Å². The molecule has 12 heteroatoms. The quantitative estimate of drug-likeness (QED) is 0.490. The minimum Gasteiger partial charge on any atom is -0.382 e. The van der Waals surface area contributed by atoms with Crippen LogP contribution in [0.1, 0.15) is 30.5 Å². The van der Waals surface area contributed by atoms with E-state index in [1.807, 2.05) is 0 Å². The van der Waals surface area contributed by atoms with Crippen LogP contribution in [0.15, 0.2) is 26.2 Å². The van der Waals surface area contributed by atoms with Crippen molar-refractivity contribution in [2.24, 2.45) is 0 Å². The van der Waals surface area contributed by atoms with Crippen molar-refractivity contribution in [1.29, 1.82) is 0 Å². The van der Waals surface area contributed by atoms with E-state index in [9.17, 15) is 13.2 Å². The molecule has 0 spiro atoms. The molecule has 2 aromatic rings. The fourth-order valence-electron chi connectivity index (χ4n) is 3.12.